The number of nitrogens with zero attached hydrogens (tertiary/aromatic N) is 1. The van der Waals surface area contributed by atoms with Crippen molar-refractivity contribution in [3.63, 3.8) is 0 Å². The largest absolute Gasteiger partial charge is 0.465 e. The average molecular weight is 201 g/mol. The summed E-state index contributed by atoms with van der Waals surface area (Å²) < 4.78 is 4.71. The van der Waals surface area contributed by atoms with Gasteiger partial charge < -0.3 is 15.8 Å². The molecule has 0 bridgehead atoms. The normalized spacial score (nSPS) is 9.62. The van der Waals surface area contributed by atoms with Gasteiger partial charge in [-0.1, -0.05) is 11.3 Å². The van der Waals surface area contributed by atoms with Crippen molar-refractivity contribution < 1.29 is 9.53 Å². The number of nitrogen functional groups attached to an aromatic ring is 1. The van der Waals surface area contributed by atoms with Crippen LogP contribution in [0.1, 0.15) is 6.92 Å². The molecule has 0 aromatic carbocycles. The Hall–Kier alpha value is -1.30. The third-order valence-electron chi connectivity index (χ3n) is 1.21. The van der Waals surface area contributed by atoms with Crippen LogP contribution in [-0.2, 0) is 9.53 Å². The highest BCUT2D eigenvalue weighted by atomic mass is 32.1. The van der Waals surface area contributed by atoms with Crippen LogP contribution in [0, 0.1) is 0 Å². The Kier molecular flexibility index (Phi) is 3.51. The standard InChI is InChI=1S/C7H11N3O2S/c1-2-12-6(11)4-10-7-9-3-5(8)13-7/h3H,2,4,8H2,1H3,(H,9,10). The molecule has 0 radical (unpaired) electrons. The third-order valence-corrected chi connectivity index (χ3v) is 2.00. The Morgan fingerprint density at radius 2 is 2.62 bits per heavy atom. The van der Waals surface area contributed by atoms with Crippen LogP contribution in [-0.4, -0.2) is 24.1 Å². The quantitative estimate of drug-likeness (QED) is 0.701. The maximum atomic E-state index is 10.9. The zero-order chi connectivity index (χ0) is 9.68. The maximum Gasteiger partial charge on any atom is 0.325 e. The van der Waals surface area contributed by atoms with E-state index in [9.17, 15) is 4.79 Å². The monoisotopic (exact) mass is 201 g/mol. The minimum atomic E-state index is -0.295. The third kappa shape index (κ3) is 3.29. The van der Waals surface area contributed by atoms with Crippen molar-refractivity contribution in [1.82, 2.24) is 4.98 Å². The lowest BCUT2D eigenvalue weighted by Gasteiger charge is -2.01. The van der Waals surface area contributed by atoms with Gasteiger partial charge in [0.05, 0.1) is 12.8 Å². The highest BCUT2D eigenvalue weighted by molar-refractivity contribution is 7.19. The molecule has 6 heteroatoms. The van der Waals surface area contributed by atoms with Crippen LogP contribution in [0.25, 0.3) is 0 Å². The predicted octanol–water partition coefficient (Wildman–Crippen LogP) is 0.700. The predicted molar refractivity (Wildman–Crippen MR) is 51.6 cm³/mol. The van der Waals surface area contributed by atoms with Gasteiger partial charge in [0, 0.05) is 0 Å². The van der Waals surface area contributed by atoms with E-state index in [1.807, 2.05) is 0 Å². The molecule has 72 valence electrons. The average Bonchev–Trinajstić information content (AvgIpc) is 2.49. The Bertz CT molecular complexity index is 287. The molecule has 0 atom stereocenters. The number of aromatic nitrogens is 1. The van der Waals surface area contributed by atoms with Crippen LogP contribution in [0.5, 0.6) is 0 Å². The van der Waals surface area contributed by atoms with E-state index < -0.39 is 0 Å². The van der Waals surface area contributed by atoms with Gasteiger partial charge in [-0.15, -0.1) is 0 Å². The van der Waals surface area contributed by atoms with Gasteiger partial charge in [0.25, 0.3) is 0 Å². The lowest BCUT2D eigenvalue weighted by Crippen LogP contribution is -2.16. The van der Waals surface area contributed by atoms with Crippen molar-refractivity contribution in [2.45, 2.75) is 6.92 Å². The molecule has 0 spiro atoms. The van der Waals surface area contributed by atoms with E-state index >= 15 is 0 Å². The fraction of sp³-hybridized carbons (Fsp3) is 0.429. The Morgan fingerprint density at radius 1 is 1.85 bits per heavy atom. The molecular formula is C7H11N3O2S. The van der Waals surface area contributed by atoms with Gasteiger partial charge in [-0.3, -0.25) is 4.79 Å². The van der Waals surface area contributed by atoms with Crippen LogP contribution in [0.3, 0.4) is 0 Å². The molecule has 0 unspecified atom stereocenters. The topological polar surface area (TPSA) is 77.2 Å². The van der Waals surface area contributed by atoms with E-state index in [2.05, 4.69) is 10.3 Å². The van der Waals surface area contributed by atoms with Crippen molar-refractivity contribution in [1.29, 1.82) is 0 Å². The van der Waals surface area contributed by atoms with E-state index in [-0.39, 0.29) is 12.5 Å². The second-order valence-electron chi connectivity index (χ2n) is 2.23. The summed E-state index contributed by atoms with van der Waals surface area (Å²) in [7, 11) is 0. The molecule has 1 heterocycles. The summed E-state index contributed by atoms with van der Waals surface area (Å²) in [5.41, 5.74) is 5.44. The molecule has 0 aliphatic heterocycles. The Morgan fingerprint density at radius 3 is 3.15 bits per heavy atom. The minimum absolute atomic E-state index is 0.126. The molecule has 0 saturated carbocycles. The molecule has 1 rings (SSSR count). The zero-order valence-corrected chi connectivity index (χ0v) is 8.06. The molecule has 3 N–H and O–H groups in total. The number of ether oxygens (including phenoxy) is 1. The Balaban J connectivity index is 2.30. The number of nitrogens with one attached hydrogen (secondary N) is 1. The summed E-state index contributed by atoms with van der Waals surface area (Å²) in [6.07, 6.45) is 1.54. The highest BCUT2D eigenvalue weighted by Gasteiger charge is 2.02. The molecule has 0 saturated heterocycles. The molecule has 1 aromatic rings. The molecule has 5 nitrogen and oxygen atoms in total. The fourth-order valence-corrected chi connectivity index (χ4v) is 1.31. The van der Waals surface area contributed by atoms with Crippen molar-refractivity contribution >= 4 is 27.4 Å². The van der Waals surface area contributed by atoms with E-state index in [1.54, 1.807) is 6.92 Å². The summed E-state index contributed by atoms with van der Waals surface area (Å²) >= 11 is 1.30. The summed E-state index contributed by atoms with van der Waals surface area (Å²) in [5, 5.41) is 4.05. The van der Waals surface area contributed by atoms with Gasteiger partial charge in [-0.05, 0) is 6.92 Å². The highest BCUT2D eigenvalue weighted by Crippen LogP contribution is 2.18. The van der Waals surface area contributed by atoms with Gasteiger partial charge in [-0.2, -0.15) is 0 Å². The van der Waals surface area contributed by atoms with Gasteiger partial charge in [0.15, 0.2) is 5.13 Å². The number of hydrogen-bond acceptors (Lipinski definition) is 6. The van der Waals surface area contributed by atoms with Crippen LogP contribution in [0.2, 0.25) is 0 Å². The molecule has 1 aromatic heterocycles. The summed E-state index contributed by atoms with van der Waals surface area (Å²) in [4.78, 5) is 14.8. The molecule has 0 fully saturated rings. The lowest BCUT2D eigenvalue weighted by molar-refractivity contribution is -0.140. The van der Waals surface area contributed by atoms with E-state index in [4.69, 9.17) is 10.5 Å². The van der Waals surface area contributed by atoms with Crippen molar-refractivity contribution in [3.8, 4) is 0 Å². The number of carbonyl (C=O) groups is 1. The number of hydrogen-bond donors (Lipinski definition) is 2. The van der Waals surface area contributed by atoms with E-state index in [0.717, 1.165) is 0 Å². The van der Waals surface area contributed by atoms with Gasteiger partial charge in [0.1, 0.15) is 11.5 Å². The van der Waals surface area contributed by atoms with Crippen LogP contribution in [0.15, 0.2) is 6.20 Å². The second-order valence-corrected chi connectivity index (χ2v) is 3.29. The van der Waals surface area contributed by atoms with E-state index in [1.165, 1.54) is 17.5 Å². The van der Waals surface area contributed by atoms with E-state index in [0.29, 0.717) is 16.7 Å². The first-order valence-electron chi connectivity index (χ1n) is 3.83. The van der Waals surface area contributed by atoms with Crippen molar-refractivity contribution in [3.05, 3.63) is 6.20 Å². The minimum Gasteiger partial charge on any atom is -0.465 e. The van der Waals surface area contributed by atoms with Gasteiger partial charge in [-0.25, -0.2) is 4.98 Å². The Labute approximate surface area is 79.9 Å². The molecule has 0 aliphatic carbocycles. The van der Waals surface area contributed by atoms with Crippen LogP contribution in [0.4, 0.5) is 10.1 Å². The number of thiazole rings is 1. The summed E-state index contributed by atoms with van der Waals surface area (Å²) in [6, 6.07) is 0. The number of rotatable bonds is 4. The summed E-state index contributed by atoms with van der Waals surface area (Å²) in [5.74, 6) is -0.295. The van der Waals surface area contributed by atoms with Crippen molar-refractivity contribution in [2.75, 3.05) is 24.2 Å². The fourth-order valence-electron chi connectivity index (χ4n) is 0.728. The van der Waals surface area contributed by atoms with Gasteiger partial charge >= 0.3 is 5.97 Å². The maximum absolute atomic E-state index is 10.9. The second kappa shape index (κ2) is 4.66. The molecule has 13 heavy (non-hydrogen) atoms. The van der Waals surface area contributed by atoms with Crippen LogP contribution >= 0.6 is 11.3 Å². The number of nitrogens with two attached hydrogens (primary N) is 1. The number of esters is 1. The lowest BCUT2D eigenvalue weighted by atomic mass is 10.6. The number of anilines is 2. The first kappa shape index (κ1) is 9.79. The molecule has 0 amide bonds. The first-order chi connectivity index (χ1) is 6.22. The molecule has 0 aliphatic rings. The first-order valence-corrected chi connectivity index (χ1v) is 4.65. The molecular weight excluding hydrogens is 190 g/mol. The number of carbonyl (C=O) groups excluding carboxylic acids is 1. The smallest absolute Gasteiger partial charge is 0.325 e. The van der Waals surface area contributed by atoms with Crippen molar-refractivity contribution in [2.24, 2.45) is 0 Å². The summed E-state index contributed by atoms with van der Waals surface area (Å²) in [6.45, 7) is 2.28. The van der Waals surface area contributed by atoms with Crippen LogP contribution < -0.4 is 11.1 Å². The zero-order valence-electron chi connectivity index (χ0n) is 7.24. The SMILES string of the molecule is CCOC(=O)CNc1ncc(N)s1. The van der Waals surface area contributed by atoms with Gasteiger partial charge in [0.2, 0.25) is 0 Å².